The Bertz CT molecular complexity index is 817. The SMILES string of the molecule is CN=C(N)/C=C\NCCCO.CSCCC(C=O)N1CC(Oc2ccccc2Cl)=CC1=O. The fourth-order valence-corrected chi connectivity index (χ4v) is 3.19. The van der Waals surface area contributed by atoms with Gasteiger partial charge in [-0.1, -0.05) is 23.7 Å². The van der Waals surface area contributed by atoms with Crippen molar-refractivity contribution in [2.45, 2.75) is 18.9 Å². The van der Waals surface area contributed by atoms with Gasteiger partial charge in [0.15, 0.2) is 0 Å². The minimum Gasteiger partial charge on any atom is -0.458 e. The van der Waals surface area contributed by atoms with Crippen LogP contribution < -0.4 is 15.8 Å². The molecule has 1 atom stereocenters. The highest BCUT2D eigenvalue weighted by atomic mass is 35.5. The number of amidine groups is 1. The third-order valence-electron chi connectivity index (χ3n) is 4.26. The van der Waals surface area contributed by atoms with E-state index < -0.39 is 6.04 Å². The Morgan fingerprint density at radius 1 is 1.47 bits per heavy atom. The lowest BCUT2D eigenvalue weighted by atomic mass is 10.2. The average Bonchev–Trinajstić information content (AvgIpc) is 3.16. The summed E-state index contributed by atoms with van der Waals surface area (Å²) in [5, 5.41) is 11.8. The summed E-state index contributed by atoms with van der Waals surface area (Å²) in [7, 11) is 1.63. The molecule has 8 nitrogen and oxygen atoms in total. The average molecular weight is 483 g/mol. The van der Waals surface area contributed by atoms with Crippen LogP contribution in [0.3, 0.4) is 0 Å². The number of nitrogens with two attached hydrogens (primary N) is 1. The molecule has 2 rings (SSSR count). The van der Waals surface area contributed by atoms with Gasteiger partial charge in [-0.05, 0) is 43.1 Å². The third-order valence-corrected chi connectivity index (χ3v) is 5.21. The maximum Gasteiger partial charge on any atom is 0.251 e. The highest BCUT2D eigenvalue weighted by Gasteiger charge is 2.29. The van der Waals surface area contributed by atoms with Crippen LogP contribution in [0.5, 0.6) is 5.75 Å². The Morgan fingerprint density at radius 3 is 2.84 bits per heavy atom. The number of carbonyl (C=O) groups is 2. The quantitative estimate of drug-likeness (QED) is 0.181. The van der Waals surface area contributed by atoms with E-state index in [-0.39, 0.29) is 12.5 Å². The third kappa shape index (κ3) is 10.2. The molecule has 0 bridgehead atoms. The Hall–Kier alpha value is -2.49. The first kappa shape index (κ1) is 27.5. The number of para-hydroxylation sites is 1. The van der Waals surface area contributed by atoms with Gasteiger partial charge in [0.2, 0.25) is 0 Å². The number of ether oxygens (including phenoxy) is 1. The second-order valence-corrected chi connectivity index (χ2v) is 8.00. The predicted octanol–water partition coefficient (Wildman–Crippen LogP) is 2.22. The van der Waals surface area contributed by atoms with Crippen molar-refractivity contribution in [2.75, 3.05) is 38.8 Å². The molecule has 32 heavy (non-hydrogen) atoms. The van der Waals surface area contributed by atoms with E-state index in [4.69, 9.17) is 27.2 Å². The van der Waals surface area contributed by atoms with Crippen LogP contribution in [-0.4, -0.2) is 72.8 Å². The van der Waals surface area contributed by atoms with E-state index >= 15 is 0 Å². The zero-order valence-electron chi connectivity index (χ0n) is 18.4. The van der Waals surface area contributed by atoms with Crippen LogP contribution in [0.4, 0.5) is 0 Å². The van der Waals surface area contributed by atoms with Crippen molar-refractivity contribution in [3.63, 3.8) is 0 Å². The smallest absolute Gasteiger partial charge is 0.251 e. The number of nitrogens with one attached hydrogen (secondary N) is 1. The van der Waals surface area contributed by atoms with E-state index in [0.717, 1.165) is 25.0 Å². The fourth-order valence-electron chi connectivity index (χ4n) is 2.54. The molecule has 1 aromatic carbocycles. The number of nitrogens with zero attached hydrogens (tertiary/aromatic N) is 2. The molecule has 0 aromatic heterocycles. The maximum atomic E-state index is 12.0. The highest BCUT2D eigenvalue weighted by molar-refractivity contribution is 7.98. The van der Waals surface area contributed by atoms with Crippen molar-refractivity contribution in [2.24, 2.45) is 10.7 Å². The summed E-state index contributed by atoms with van der Waals surface area (Å²) in [4.78, 5) is 28.4. The van der Waals surface area contributed by atoms with Crippen molar-refractivity contribution in [1.29, 1.82) is 0 Å². The van der Waals surface area contributed by atoms with Crippen LogP contribution in [-0.2, 0) is 9.59 Å². The Balaban J connectivity index is 0.000000396. The van der Waals surface area contributed by atoms with Crippen LogP contribution >= 0.6 is 23.4 Å². The molecule has 0 saturated heterocycles. The number of aldehydes is 1. The van der Waals surface area contributed by atoms with Gasteiger partial charge in [0, 0.05) is 32.5 Å². The first-order valence-electron chi connectivity index (χ1n) is 10.1. The van der Waals surface area contributed by atoms with Gasteiger partial charge in [-0.3, -0.25) is 9.79 Å². The van der Waals surface area contributed by atoms with Crippen molar-refractivity contribution < 1.29 is 19.4 Å². The number of halogens is 1. The summed E-state index contributed by atoms with van der Waals surface area (Å²) in [6.45, 7) is 1.25. The van der Waals surface area contributed by atoms with Crippen molar-refractivity contribution in [3.05, 3.63) is 53.4 Å². The molecule has 0 radical (unpaired) electrons. The van der Waals surface area contributed by atoms with Crippen molar-refractivity contribution in [3.8, 4) is 5.75 Å². The number of amides is 1. The van der Waals surface area contributed by atoms with Crippen molar-refractivity contribution >= 4 is 41.4 Å². The number of aliphatic hydroxyl groups excluding tert-OH is 1. The van der Waals surface area contributed by atoms with Gasteiger partial charge in [0.1, 0.15) is 23.6 Å². The van der Waals surface area contributed by atoms with Crippen LogP contribution in [0.2, 0.25) is 5.02 Å². The lowest BCUT2D eigenvalue weighted by Gasteiger charge is -2.23. The zero-order valence-corrected chi connectivity index (χ0v) is 19.9. The molecule has 0 fully saturated rings. The Morgan fingerprint density at radius 2 is 2.22 bits per heavy atom. The molecule has 1 aromatic rings. The molecule has 0 aliphatic carbocycles. The molecule has 1 heterocycles. The lowest BCUT2D eigenvalue weighted by molar-refractivity contribution is -0.130. The minimum atomic E-state index is -0.409. The van der Waals surface area contributed by atoms with Crippen molar-refractivity contribution in [1.82, 2.24) is 10.2 Å². The topological polar surface area (TPSA) is 117 Å². The summed E-state index contributed by atoms with van der Waals surface area (Å²) in [5.41, 5.74) is 5.36. The van der Waals surface area contributed by atoms with E-state index in [2.05, 4.69) is 10.3 Å². The fraction of sp³-hybridized carbons (Fsp3) is 0.409. The normalized spacial score (nSPS) is 14.6. The number of thioether (sulfide) groups is 1. The van der Waals surface area contributed by atoms with Gasteiger partial charge in [0.25, 0.3) is 5.91 Å². The van der Waals surface area contributed by atoms with Crippen LogP contribution in [0.1, 0.15) is 12.8 Å². The molecule has 1 unspecified atom stereocenters. The Labute approximate surface area is 198 Å². The van der Waals surface area contributed by atoms with Crippen LogP contribution in [0.25, 0.3) is 0 Å². The van der Waals surface area contributed by atoms with E-state index in [1.165, 1.54) is 11.0 Å². The number of hydrogen-bond acceptors (Lipinski definition) is 7. The monoisotopic (exact) mass is 482 g/mol. The van der Waals surface area contributed by atoms with Gasteiger partial charge < -0.3 is 30.6 Å². The highest BCUT2D eigenvalue weighted by Crippen LogP contribution is 2.27. The molecule has 10 heteroatoms. The molecule has 1 amide bonds. The lowest BCUT2D eigenvalue weighted by Crippen LogP contribution is -2.38. The van der Waals surface area contributed by atoms with Gasteiger partial charge in [-0.2, -0.15) is 11.8 Å². The first-order chi connectivity index (χ1) is 15.5. The number of rotatable bonds is 12. The van der Waals surface area contributed by atoms with Crippen LogP contribution in [0.15, 0.2) is 53.4 Å². The molecule has 0 saturated carbocycles. The number of benzene rings is 1. The summed E-state index contributed by atoms with van der Waals surface area (Å²) in [5.74, 6) is 2.13. The number of aliphatic hydroxyl groups is 1. The van der Waals surface area contributed by atoms with Gasteiger partial charge >= 0.3 is 0 Å². The van der Waals surface area contributed by atoms with E-state index in [1.807, 2.05) is 12.3 Å². The molecular weight excluding hydrogens is 452 g/mol. The van der Waals surface area contributed by atoms with Gasteiger partial charge in [-0.15, -0.1) is 0 Å². The maximum absolute atomic E-state index is 12.0. The zero-order chi connectivity index (χ0) is 23.8. The van der Waals surface area contributed by atoms with E-state index in [9.17, 15) is 9.59 Å². The summed E-state index contributed by atoms with van der Waals surface area (Å²) >= 11 is 7.67. The van der Waals surface area contributed by atoms with Crippen LogP contribution in [0, 0.1) is 0 Å². The number of carbonyl (C=O) groups excluding carboxylic acids is 2. The molecule has 1 aliphatic heterocycles. The number of hydrogen-bond donors (Lipinski definition) is 3. The van der Waals surface area contributed by atoms with E-state index in [0.29, 0.717) is 35.3 Å². The summed E-state index contributed by atoms with van der Waals surface area (Å²) < 4.78 is 5.65. The van der Waals surface area contributed by atoms with Gasteiger partial charge in [-0.25, -0.2) is 0 Å². The molecular formula is C22H31ClN4O4S. The van der Waals surface area contributed by atoms with E-state index in [1.54, 1.807) is 49.3 Å². The molecule has 176 valence electrons. The first-order valence-corrected chi connectivity index (χ1v) is 11.8. The number of aliphatic imine (C=N–C) groups is 1. The second-order valence-electron chi connectivity index (χ2n) is 6.61. The second kappa shape index (κ2) is 16.2. The molecule has 0 spiro atoms. The predicted molar refractivity (Wildman–Crippen MR) is 131 cm³/mol. The minimum absolute atomic E-state index is 0.199. The largest absolute Gasteiger partial charge is 0.458 e. The molecule has 4 N–H and O–H groups in total. The summed E-state index contributed by atoms with van der Waals surface area (Å²) in [6.07, 6.45) is 8.99. The standard InChI is InChI=1S/C15H16ClNO3S.C7H15N3O/c1-21-7-6-11(10-18)17-9-12(8-15(17)19)20-14-5-3-2-4-13(14)16;1-9-7(8)3-5-10-4-2-6-11/h2-5,8,10-11H,6-7,9H2,1H3;3,5,10-11H,2,4,6H2,1H3,(H2,8,9)/b;5-3-. The summed E-state index contributed by atoms with van der Waals surface area (Å²) in [6, 6.07) is 6.66. The molecule has 1 aliphatic rings. The Kier molecular flexibility index (Phi) is 13.9. The van der Waals surface area contributed by atoms with Gasteiger partial charge in [0.05, 0.1) is 17.6 Å².